The molecule has 156 valence electrons. The summed E-state index contributed by atoms with van der Waals surface area (Å²) in [5, 5.41) is 2.34. The standard InChI is InChI=1S/C19H17F3N6OS/c1-12(24-7-4-9-27-10-8-23-11-27)15-16(19(20,21)22)26-28(17(15)29)18-25-13-5-2-3-6-14(13)30-18/h2-3,5-6,8,10-11,26H,4,7,9H2,1H3. The quantitative estimate of drug-likeness (QED) is 0.369. The van der Waals surface area contributed by atoms with E-state index >= 15 is 0 Å². The van der Waals surface area contributed by atoms with Crippen LogP contribution in [-0.4, -0.2) is 36.6 Å². The second-order valence-electron chi connectivity index (χ2n) is 6.59. The Kier molecular flexibility index (Phi) is 5.29. The van der Waals surface area contributed by atoms with Crippen LogP contribution in [0.2, 0.25) is 0 Å². The zero-order valence-corrected chi connectivity index (χ0v) is 16.7. The lowest BCUT2D eigenvalue weighted by Crippen LogP contribution is -2.21. The van der Waals surface area contributed by atoms with E-state index in [1.54, 1.807) is 43.0 Å². The highest BCUT2D eigenvalue weighted by Gasteiger charge is 2.39. The monoisotopic (exact) mass is 434 g/mol. The molecule has 4 rings (SSSR count). The second-order valence-corrected chi connectivity index (χ2v) is 7.59. The number of thiazole rings is 1. The van der Waals surface area contributed by atoms with E-state index in [-0.39, 0.29) is 17.4 Å². The number of H-pyrrole nitrogens is 1. The first kappa shape index (κ1) is 20.1. The highest BCUT2D eigenvalue weighted by molar-refractivity contribution is 7.20. The maximum Gasteiger partial charge on any atom is 0.433 e. The Morgan fingerprint density at radius 2 is 2.10 bits per heavy atom. The van der Waals surface area contributed by atoms with Crippen LogP contribution in [0.15, 0.2) is 52.8 Å². The van der Waals surface area contributed by atoms with Crippen LogP contribution < -0.4 is 5.56 Å². The van der Waals surface area contributed by atoms with Crippen molar-refractivity contribution >= 4 is 27.3 Å². The summed E-state index contributed by atoms with van der Waals surface area (Å²) in [5.74, 6) is 0. The molecule has 7 nitrogen and oxygen atoms in total. The van der Waals surface area contributed by atoms with Crippen LogP contribution in [0.1, 0.15) is 24.6 Å². The molecule has 0 saturated carbocycles. The molecule has 0 spiro atoms. The van der Waals surface area contributed by atoms with Crippen LogP contribution in [0.5, 0.6) is 0 Å². The predicted molar refractivity (Wildman–Crippen MR) is 108 cm³/mol. The summed E-state index contributed by atoms with van der Waals surface area (Å²) < 4.78 is 44.4. The van der Waals surface area contributed by atoms with Gasteiger partial charge in [0.15, 0.2) is 5.69 Å². The van der Waals surface area contributed by atoms with Gasteiger partial charge in [0.25, 0.3) is 5.56 Å². The van der Waals surface area contributed by atoms with E-state index in [2.05, 4.69) is 20.1 Å². The molecule has 0 amide bonds. The molecule has 0 saturated heterocycles. The van der Waals surface area contributed by atoms with Crippen molar-refractivity contribution in [2.75, 3.05) is 6.54 Å². The number of aryl methyl sites for hydroxylation is 1. The third-order valence-corrected chi connectivity index (χ3v) is 5.51. The minimum atomic E-state index is -4.73. The SMILES string of the molecule is CC(=NCCCn1ccnc1)c1c(C(F)(F)F)[nH]n(-c2nc3ccccc3s2)c1=O. The Balaban J connectivity index is 1.67. The van der Waals surface area contributed by atoms with Gasteiger partial charge in [0.2, 0.25) is 5.13 Å². The molecule has 11 heteroatoms. The lowest BCUT2D eigenvalue weighted by molar-refractivity contribution is -0.141. The Hall–Kier alpha value is -3.21. The van der Waals surface area contributed by atoms with E-state index < -0.39 is 23.0 Å². The van der Waals surface area contributed by atoms with E-state index in [1.807, 2.05) is 4.57 Å². The number of nitrogens with zero attached hydrogens (tertiary/aromatic N) is 5. The molecule has 1 aromatic carbocycles. The van der Waals surface area contributed by atoms with Crippen molar-refractivity contribution in [3.8, 4) is 5.13 Å². The summed E-state index contributed by atoms with van der Waals surface area (Å²) in [6, 6.07) is 7.11. The minimum absolute atomic E-state index is 0.0362. The van der Waals surface area contributed by atoms with Crippen LogP contribution in [-0.2, 0) is 12.7 Å². The molecule has 0 fully saturated rings. The summed E-state index contributed by atoms with van der Waals surface area (Å²) in [6.45, 7) is 2.33. The number of fused-ring (bicyclic) bond motifs is 1. The first-order valence-electron chi connectivity index (χ1n) is 9.10. The van der Waals surface area contributed by atoms with Gasteiger partial charge in [0, 0.05) is 31.2 Å². The van der Waals surface area contributed by atoms with Gasteiger partial charge in [-0.3, -0.25) is 14.9 Å². The van der Waals surface area contributed by atoms with Crippen molar-refractivity contribution in [1.29, 1.82) is 0 Å². The summed E-state index contributed by atoms with van der Waals surface area (Å²) in [6.07, 6.45) is 0.965. The molecule has 3 aromatic heterocycles. The van der Waals surface area contributed by atoms with Crippen LogP contribution in [0.25, 0.3) is 15.3 Å². The number of halogens is 3. The zero-order chi connectivity index (χ0) is 21.3. The van der Waals surface area contributed by atoms with Gasteiger partial charge >= 0.3 is 6.18 Å². The van der Waals surface area contributed by atoms with Crippen molar-refractivity contribution in [2.24, 2.45) is 4.99 Å². The summed E-state index contributed by atoms with van der Waals surface area (Å²) >= 11 is 1.13. The van der Waals surface area contributed by atoms with Crippen molar-refractivity contribution < 1.29 is 13.2 Å². The molecular formula is C19H17F3N6OS. The van der Waals surface area contributed by atoms with Crippen LogP contribution in [0.3, 0.4) is 0 Å². The number of para-hydroxylation sites is 1. The number of hydrogen-bond donors (Lipinski definition) is 1. The van der Waals surface area contributed by atoms with Gasteiger partial charge in [-0.2, -0.15) is 17.9 Å². The largest absolute Gasteiger partial charge is 0.433 e. The normalized spacial score (nSPS) is 12.7. The average molecular weight is 434 g/mol. The number of aromatic amines is 1. The molecule has 1 N–H and O–H groups in total. The van der Waals surface area contributed by atoms with Crippen LogP contribution >= 0.6 is 11.3 Å². The van der Waals surface area contributed by atoms with Crippen molar-refractivity contribution in [3.05, 3.63) is 64.6 Å². The lowest BCUT2D eigenvalue weighted by atomic mass is 10.1. The molecule has 0 unspecified atom stereocenters. The first-order chi connectivity index (χ1) is 14.3. The molecule has 0 aliphatic rings. The second kappa shape index (κ2) is 7.90. The van der Waals surface area contributed by atoms with Crippen LogP contribution in [0, 0.1) is 0 Å². The van der Waals surface area contributed by atoms with Gasteiger partial charge in [-0.1, -0.05) is 23.5 Å². The Labute approximate surface area is 172 Å². The predicted octanol–water partition coefficient (Wildman–Crippen LogP) is 3.89. The topological polar surface area (TPSA) is 80.9 Å². The molecular weight excluding hydrogens is 417 g/mol. The summed E-state index contributed by atoms with van der Waals surface area (Å²) in [5.41, 5.74) is -1.78. The molecule has 0 aliphatic heterocycles. The third-order valence-electron chi connectivity index (χ3n) is 4.49. The highest BCUT2D eigenvalue weighted by atomic mass is 32.1. The Morgan fingerprint density at radius 3 is 2.80 bits per heavy atom. The third kappa shape index (κ3) is 3.92. The van der Waals surface area contributed by atoms with E-state index in [1.165, 1.54) is 6.92 Å². The minimum Gasteiger partial charge on any atom is -0.337 e. The number of rotatable bonds is 6. The highest BCUT2D eigenvalue weighted by Crippen LogP contribution is 2.31. The van der Waals surface area contributed by atoms with E-state index in [0.29, 0.717) is 18.5 Å². The van der Waals surface area contributed by atoms with Crippen molar-refractivity contribution in [1.82, 2.24) is 24.3 Å². The molecule has 0 atom stereocenters. The Morgan fingerprint density at radius 1 is 1.30 bits per heavy atom. The zero-order valence-electron chi connectivity index (χ0n) is 15.8. The number of aliphatic imine (C=N–C) groups is 1. The van der Waals surface area contributed by atoms with Gasteiger partial charge in [0.1, 0.15) is 0 Å². The number of alkyl halides is 3. The molecule has 4 aromatic rings. The van der Waals surface area contributed by atoms with Crippen molar-refractivity contribution in [2.45, 2.75) is 26.1 Å². The maximum absolute atomic E-state index is 13.6. The fourth-order valence-electron chi connectivity index (χ4n) is 3.07. The first-order valence-corrected chi connectivity index (χ1v) is 9.91. The molecule has 0 radical (unpaired) electrons. The van der Waals surface area contributed by atoms with E-state index in [9.17, 15) is 18.0 Å². The number of aromatic nitrogens is 5. The maximum atomic E-state index is 13.6. The average Bonchev–Trinajstić information content (AvgIpc) is 3.42. The van der Waals surface area contributed by atoms with Crippen molar-refractivity contribution in [3.63, 3.8) is 0 Å². The number of benzene rings is 1. The Bertz CT molecular complexity index is 1220. The van der Waals surface area contributed by atoms with Gasteiger partial charge in [-0.05, 0) is 25.5 Å². The van der Waals surface area contributed by atoms with Crippen LogP contribution in [0.4, 0.5) is 13.2 Å². The lowest BCUT2D eigenvalue weighted by Gasteiger charge is -2.06. The van der Waals surface area contributed by atoms with Gasteiger partial charge < -0.3 is 4.57 Å². The van der Waals surface area contributed by atoms with Gasteiger partial charge in [0.05, 0.1) is 22.1 Å². The summed E-state index contributed by atoms with van der Waals surface area (Å²) in [7, 11) is 0. The van der Waals surface area contributed by atoms with Gasteiger partial charge in [-0.25, -0.2) is 9.97 Å². The van der Waals surface area contributed by atoms with E-state index in [4.69, 9.17) is 0 Å². The fraction of sp³-hybridized carbons (Fsp3) is 0.263. The number of imidazole rings is 1. The molecule has 30 heavy (non-hydrogen) atoms. The van der Waals surface area contributed by atoms with E-state index in [0.717, 1.165) is 20.7 Å². The number of nitrogens with one attached hydrogen (secondary N) is 1. The molecule has 3 heterocycles. The molecule has 0 bridgehead atoms. The smallest absolute Gasteiger partial charge is 0.337 e. The number of hydrogen-bond acceptors (Lipinski definition) is 5. The molecule has 0 aliphatic carbocycles. The fourth-order valence-corrected chi connectivity index (χ4v) is 3.99. The summed E-state index contributed by atoms with van der Waals surface area (Å²) in [4.78, 5) is 25.3. The van der Waals surface area contributed by atoms with Gasteiger partial charge in [-0.15, -0.1) is 0 Å².